The predicted molar refractivity (Wildman–Crippen MR) is 102 cm³/mol. The summed E-state index contributed by atoms with van der Waals surface area (Å²) in [5.41, 5.74) is 1.11. The number of fused-ring (bicyclic) bond motifs is 1. The molecule has 0 radical (unpaired) electrons. The molecular formula is C16H15Cl2NO5S2. The van der Waals surface area contributed by atoms with Crippen LogP contribution in [0.1, 0.15) is 27.2 Å². The number of carbonyl (C=O) groups excluding carboxylic acids is 1. The Balaban J connectivity index is 2.04. The fourth-order valence-electron chi connectivity index (χ4n) is 2.85. The molecule has 0 unspecified atom stereocenters. The summed E-state index contributed by atoms with van der Waals surface area (Å²) in [4.78, 5) is 13.0. The summed E-state index contributed by atoms with van der Waals surface area (Å²) >= 11 is 13.4. The molecule has 1 aromatic carbocycles. The fourth-order valence-corrected chi connectivity index (χ4v) is 6.28. The molecular weight excluding hydrogens is 421 g/mol. The van der Waals surface area contributed by atoms with Crippen molar-refractivity contribution >= 4 is 55.5 Å². The van der Waals surface area contributed by atoms with Crippen LogP contribution in [0.4, 0.5) is 5.00 Å². The van der Waals surface area contributed by atoms with Gasteiger partial charge in [-0.2, -0.15) is 0 Å². The van der Waals surface area contributed by atoms with Crippen LogP contribution in [0.5, 0.6) is 5.75 Å². The lowest BCUT2D eigenvalue weighted by atomic mass is 10.1. The number of methoxy groups -OCH3 is 2. The number of ether oxygens (including phenoxy) is 2. The van der Waals surface area contributed by atoms with Gasteiger partial charge in [-0.05, 0) is 37.0 Å². The molecule has 1 aliphatic carbocycles. The van der Waals surface area contributed by atoms with E-state index in [9.17, 15) is 13.2 Å². The van der Waals surface area contributed by atoms with Gasteiger partial charge in [0.1, 0.15) is 20.7 Å². The molecule has 0 amide bonds. The number of carbonyl (C=O) groups is 1. The molecule has 0 aliphatic heterocycles. The van der Waals surface area contributed by atoms with E-state index in [1.165, 1.54) is 37.7 Å². The number of nitrogens with one attached hydrogen (secondary N) is 1. The lowest BCUT2D eigenvalue weighted by molar-refractivity contribution is 0.0601. The zero-order valence-electron chi connectivity index (χ0n) is 13.9. The van der Waals surface area contributed by atoms with E-state index in [2.05, 4.69) is 4.72 Å². The van der Waals surface area contributed by atoms with Crippen LogP contribution in [0.25, 0.3) is 0 Å². The Kier molecular flexibility index (Phi) is 5.39. The van der Waals surface area contributed by atoms with Crippen LogP contribution >= 0.6 is 34.5 Å². The van der Waals surface area contributed by atoms with Crippen molar-refractivity contribution in [3.8, 4) is 5.75 Å². The molecule has 6 nitrogen and oxygen atoms in total. The molecule has 10 heteroatoms. The lowest BCUT2D eigenvalue weighted by Crippen LogP contribution is -2.16. The first-order valence-electron chi connectivity index (χ1n) is 7.57. The predicted octanol–water partition coefficient (Wildman–Crippen LogP) is 4.14. The van der Waals surface area contributed by atoms with Crippen molar-refractivity contribution in [2.45, 2.75) is 24.2 Å². The first kappa shape index (κ1) is 19.3. The van der Waals surface area contributed by atoms with Gasteiger partial charge in [0.15, 0.2) is 0 Å². The van der Waals surface area contributed by atoms with E-state index in [1.54, 1.807) is 0 Å². The Morgan fingerprint density at radius 1 is 1.19 bits per heavy atom. The van der Waals surface area contributed by atoms with Crippen LogP contribution in [0.2, 0.25) is 10.0 Å². The molecule has 26 heavy (non-hydrogen) atoms. The van der Waals surface area contributed by atoms with E-state index >= 15 is 0 Å². The Morgan fingerprint density at radius 3 is 2.58 bits per heavy atom. The SMILES string of the molecule is COC(=O)c1c(NS(=O)(=O)c2ccc(OC)c(Cl)c2Cl)sc2c1CCC2. The molecule has 1 N–H and O–H groups in total. The number of rotatable bonds is 5. The number of esters is 1. The van der Waals surface area contributed by atoms with Crippen LogP contribution in [0.3, 0.4) is 0 Å². The molecule has 3 rings (SSSR count). The number of hydrogen-bond acceptors (Lipinski definition) is 6. The molecule has 2 aromatic rings. The van der Waals surface area contributed by atoms with E-state index in [0.717, 1.165) is 23.3 Å². The minimum atomic E-state index is -4.06. The molecule has 140 valence electrons. The molecule has 0 saturated carbocycles. The summed E-state index contributed by atoms with van der Waals surface area (Å²) in [6.45, 7) is 0. The molecule has 1 aromatic heterocycles. The minimum Gasteiger partial charge on any atom is -0.495 e. The average molecular weight is 436 g/mol. The summed E-state index contributed by atoms with van der Waals surface area (Å²) in [7, 11) is -1.40. The van der Waals surface area contributed by atoms with Crippen LogP contribution < -0.4 is 9.46 Å². The molecule has 1 aliphatic rings. The number of benzene rings is 1. The standard InChI is InChI=1S/C16H15Cl2NO5S2/c1-23-9-6-7-11(14(18)13(9)17)26(21,22)19-15-12(16(20)24-2)8-4-3-5-10(8)25-15/h6-7,19H,3-5H2,1-2H3. The maximum absolute atomic E-state index is 12.8. The van der Waals surface area contributed by atoms with Crippen molar-refractivity contribution in [1.82, 2.24) is 0 Å². The summed E-state index contributed by atoms with van der Waals surface area (Å²) in [5.74, 6) is -0.304. The fraction of sp³-hybridized carbons (Fsp3) is 0.312. The Bertz CT molecular complexity index is 985. The molecule has 1 heterocycles. The van der Waals surface area contributed by atoms with E-state index in [-0.39, 0.29) is 31.3 Å². The quantitative estimate of drug-likeness (QED) is 0.713. The van der Waals surface area contributed by atoms with Crippen molar-refractivity contribution in [1.29, 1.82) is 0 Å². The van der Waals surface area contributed by atoms with Gasteiger partial charge in [-0.1, -0.05) is 23.2 Å². The number of halogens is 2. The smallest absolute Gasteiger partial charge is 0.341 e. The molecule has 0 bridgehead atoms. The van der Waals surface area contributed by atoms with Gasteiger partial charge < -0.3 is 9.47 Å². The van der Waals surface area contributed by atoms with E-state index in [1.807, 2.05) is 0 Å². The van der Waals surface area contributed by atoms with Crippen LogP contribution in [0.15, 0.2) is 17.0 Å². The van der Waals surface area contributed by atoms with Crippen molar-refractivity contribution in [3.63, 3.8) is 0 Å². The van der Waals surface area contributed by atoms with E-state index < -0.39 is 16.0 Å². The first-order valence-corrected chi connectivity index (χ1v) is 10.6. The van der Waals surface area contributed by atoms with Crippen LogP contribution in [0, 0.1) is 0 Å². The third-order valence-corrected chi connectivity index (χ3v) is 7.76. The second-order valence-electron chi connectivity index (χ2n) is 5.55. The number of hydrogen-bond donors (Lipinski definition) is 1. The second kappa shape index (κ2) is 7.26. The highest BCUT2D eigenvalue weighted by atomic mass is 35.5. The summed E-state index contributed by atoms with van der Waals surface area (Å²) in [6.07, 6.45) is 2.45. The number of aryl methyl sites for hydroxylation is 1. The lowest BCUT2D eigenvalue weighted by Gasteiger charge is -2.12. The summed E-state index contributed by atoms with van der Waals surface area (Å²) < 4.78 is 38.0. The maximum Gasteiger partial charge on any atom is 0.341 e. The molecule has 0 atom stereocenters. The summed E-state index contributed by atoms with van der Waals surface area (Å²) in [6, 6.07) is 2.72. The average Bonchev–Trinajstić information content (AvgIpc) is 3.16. The highest BCUT2D eigenvalue weighted by Gasteiger charge is 2.30. The van der Waals surface area contributed by atoms with Gasteiger partial charge in [-0.25, -0.2) is 13.2 Å². The minimum absolute atomic E-state index is 0.00101. The van der Waals surface area contributed by atoms with Crippen LogP contribution in [-0.4, -0.2) is 28.6 Å². The Morgan fingerprint density at radius 2 is 1.92 bits per heavy atom. The van der Waals surface area contributed by atoms with Crippen molar-refractivity contribution < 1.29 is 22.7 Å². The van der Waals surface area contributed by atoms with Crippen molar-refractivity contribution in [2.24, 2.45) is 0 Å². The monoisotopic (exact) mass is 435 g/mol. The van der Waals surface area contributed by atoms with E-state index in [0.29, 0.717) is 6.42 Å². The number of thiophene rings is 1. The molecule has 0 saturated heterocycles. The first-order chi connectivity index (χ1) is 12.3. The molecule has 0 spiro atoms. The van der Waals surface area contributed by atoms with Gasteiger partial charge in [0.25, 0.3) is 10.0 Å². The summed E-state index contributed by atoms with van der Waals surface area (Å²) in [5, 5.41) is 0.0747. The normalized spacial score (nSPS) is 13.4. The number of anilines is 1. The van der Waals surface area contributed by atoms with Gasteiger partial charge in [0, 0.05) is 4.88 Å². The van der Waals surface area contributed by atoms with Gasteiger partial charge in [-0.3, -0.25) is 4.72 Å². The second-order valence-corrected chi connectivity index (χ2v) is 9.06. The third kappa shape index (κ3) is 3.26. The van der Waals surface area contributed by atoms with Crippen molar-refractivity contribution in [3.05, 3.63) is 38.2 Å². The van der Waals surface area contributed by atoms with Gasteiger partial charge >= 0.3 is 5.97 Å². The van der Waals surface area contributed by atoms with E-state index in [4.69, 9.17) is 32.7 Å². The van der Waals surface area contributed by atoms with Gasteiger partial charge in [0.2, 0.25) is 0 Å². The van der Waals surface area contributed by atoms with Gasteiger partial charge in [0.05, 0.1) is 24.8 Å². The zero-order chi connectivity index (χ0) is 19.1. The topological polar surface area (TPSA) is 81.7 Å². The maximum atomic E-state index is 12.8. The third-order valence-electron chi connectivity index (χ3n) is 4.06. The van der Waals surface area contributed by atoms with Crippen molar-refractivity contribution in [2.75, 3.05) is 18.9 Å². The largest absolute Gasteiger partial charge is 0.495 e. The zero-order valence-corrected chi connectivity index (χ0v) is 17.0. The Labute approximate surface area is 165 Å². The number of sulfonamides is 1. The Hall–Kier alpha value is -1.48. The highest BCUT2D eigenvalue weighted by Crippen LogP contribution is 2.42. The highest BCUT2D eigenvalue weighted by molar-refractivity contribution is 7.93. The van der Waals surface area contributed by atoms with Gasteiger partial charge in [-0.15, -0.1) is 11.3 Å². The van der Waals surface area contributed by atoms with Crippen LogP contribution in [-0.2, 0) is 27.6 Å². The molecule has 0 fully saturated rings.